The van der Waals surface area contributed by atoms with Crippen LogP contribution in [0, 0.1) is 16.0 Å². The minimum absolute atomic E-state index is 0.0284. The number of rotatable bonds is 8. The Hall–Kier alpha value is -3.42. The Morgan fingerprint density at radius 3 is 2.41 bits per heavy atom. The molecule has 2 aromatic carbocycles. The first kappa shape index (κ1) is 20.3. The van der Waals surface area contributed by atoms with Gasteiger partial charge in [-0.15, -0.1) is 0 Å². The van der Waals surface area contributed by atoms with Gasteiger partial charge in [-0.25, -0.2) is 0 Å². The molecule has 0 bridgehead atoms. The van der Waals surface area contributed by atoms with Crippen molar-refractivity contribution in [2.24, 2.45) is 5.92 Å². The number of likely N-dealkylation sites (tertiary alicyclic amines) is 1. The summed E-state index contributed by atoms with van der Waals surface area (Å²) in [7, 11) is 0. The summed E-state index contributed by atoms with van der Waals surface area (Å²) in [5.74, 6) is -1.73. The Balaban J connectivity index is 1.49. The summed E-state index contributed by atoms with van der Waals surface area (Å²) in [6.07, 6.45) is 0.897. The second kappa shape index (κ2) is 9.18. The van der Waals surface area contributed by atoms with Crippen LogP contribution in [-0.4, -0.2) is 46.4 Å². The minimum atomic E-state index is -0.881. The lowest BCUT2D eigenvalue weighted by Crippen LogP contribution is -2.30. The molecule has 8 heteroatoms. The molecule has 8 nitrogen and oxygen atoms in total. The van der Waals surface area contributed by atoms with Crippen LogP contribution in [0.2, 0.25) is 0 Å². The SMILES string of the molecule is O=C(O)C1CN(C(=O)CCCNc2ccc([N+](=O)[O-])cc2)CC1c1ccccc1. The molecule has 2 N–H and O–H groups in total. The number of nitro benzene ring substituents is 1. The van der Waals surface area contributed by atoms with E-state index in [2.05, 4.69) is 5.32 Å². The first-order valence-electron chi connectivity index (χ1n) is 9.49. The number of nitrogens with zero attached hydrogens (tertiary/aromatic N) is 2. The normalized spacial score (nSPS) is 18.4. The molecule has 0 saturated carbocycles. The van der Waals surface area contributed by atoms with Crippen LogP contribution in [0.4, 0.5) is 11.4 Å². The van der Waals surface area contributed by atoms with Crippen molar-refractivity contribution in [2.45, 2.75) is 18.8 Å². The zero-order valence-corrected chi connectivity index (χ0v) is 15.9. The lowest BCUT2D eigenvalue weighted by molar-refractivity contribution is -0.384. The zero-order chi connectivity index (χ0) is 20.8. The molecule has 1 aliphatic heterocycles. The summed E-state index contributed by atoms with van der Waals surface area (Å²) in [4.78, 5) is 36.0. The number of non-ortho nitro benzene ring substituents is 1. The van der Waals surface area contributed by atoms with E-state index < -0.39 is 16.8 Å². The van der Waals surface area contributed by atoms with Gasteiger partial charge in [0.2, 0.25) is 5.91 Å². The van der Waals surface area contributed by atoms with Gasteiger partial charge in [0.05, 0.1) is 10.8 Å². The van der Waals surface area contributed by atoms with Crippen molar-refractivity contribution in [3.63, 3.8) is 0 Å². The van der Waals surface area contributed by atoms with E-state index in [0.717, 1.165) is 11.3 Å². The highest BCUT2D eigenvalue weighted by Gasteiger charge is 2.40. The average Bonchev–Trinajstić information content (AvgIpc) is 3.18. The van der Waals surface area contributed by atoms with Gasteiger partial charge in [0.1, 0.15) is 0 Å². The minimum Gasteiger partial charge on any atom is -0.481 e. The fraction of sp³-hybridized carbons (Fsp3) is 0.333. The van der Waals surface area contributed by atoms with E-state index in [1.165, 1.54) is 12.1 Å². The van der Waals surface area contributed by atoms with Gasteiger partial charge in [0.15, 0.2) is 0 Å². The average molecular weight is 397 g/mol. The third-order valence-corrected chi connectivity index (χ3v) is 5.19. The predicted octanol–water partition coefficient (Wildman–Crippen LogP) is 3.11. The third-order valence-electron chi connectivity index (χ3n) is 5.19. The van der Waals surface area contributed by atoms with Crippen LogP contribution in [-0.2, 0) is 9.59 Å². The molecule has 152 valence electrons. The molecule has 29 heavy (non-hydrogen) atoms. The quantitative estimate of drug-likeness (QED) is 0.402. The maximum absolute atomic E-state index is 12.6. The van der Waals surface area contributed by atoms with E-state index >= 15 is 0 Å². The fourth-order valence-electron chi connectivity index (χ4n) is 3.63. The number of anilines is 1. The van der Waals surface area contributed by atoms with E-state index in [0.29, 0.717) is 25.9 Å². The van der Waals surface area contributed by atoms with Crippen molar-refractivity contribution >= 4 is 23.3 Å². The second-order valence-corrected chi connectivity index (χ2v) is 7.09. The highest BCUT2D eigenvalue weighted by molar-refractivity contribution is 5.79. The largest absolute Gasteiger partial charge is 0.481 e. The Kier molecular flexibility index (Phi) is 6.43. The topological polar surface area (TPSA) is 113 Å². The third kappa shape index (κ3) is 5.10. The number of carboxylic acids is 1. The van der Waals surface area contributed by atoms with Gasteiger partial charge in [-0.05, 0) is 24.1 Å². The van der Waals surface area contributed by atoms with Crippen molar-refractivity contribution < 1.29 is 19.6 Å². The molecule has 1 amide bonds. The molecule has 1 heterocycles. The van der Waals surface area contributed by atoms with Crippen LogP contribution >= 0.6 is 0 Å². The van der Waals surface area contributed by atoms with Gasteiger partial charge in [-0.3, -0.25) is 19.7 Å². The molecule has 2 unspecified atom stereocenters. The molecule has 3 rings (SSSR count). The maximum Gasteiger partial charge on any atom is 0.308 e. The van der Waals surface area contributed by atoms with Gasteiger partial charge in [-0.2, -0.15) is 0 Å². The number of nitrogens with one attached hydrogen (secondary N) is 1. The van der Waals surface area contributed by atoms with E-state index in [4.69, 9.17) is 0 Å². The Labute approximate surface area is 168 Å². The number of nitro groups is 1. The van der Waals surface area contributed by atoms with Crippen molar-refractivity contribution in [1.29, 1.82) is 0 Å². The predicted molar refractivity (Wildman–Crippen MR) is 108 cm³/mol. The lowest BCUT2D eigenvalue weighted by atomic mass is 9.89. The van der Waals surface area contributed by atoms with E-state index in [-0.39, 0.29) is 24.1 Å². The van der Waals surface area contributed by atoms with Crippen LogP contribution in [0.5, 0.6) is 0 Å². The van der Waals surface area contributed by atoms with E-state index in [9.17, 15) is 24.8 Å². The summed E-state index contributed by atoms with van der Waals surface area (Å²) >= 11 is 0. The number of benzene rings is 2. The number of hydrogen-bond donors (Lipinski definition) is 2. The molecule has 1 aliphatic rings. The summed E-state index contributed by atoms with van der Waals surface area (Å²) < 4.78 is 0. The van der Waals surface area contributed by atoms with Gasteiger partial charge >= 0.3 is 5.97 Å². The molecule has 1 fully saturated rings. The highest BCUT2D eigenvalue weighted by Crippen LogP contribution is 2.33. The fourth-order valence-corrected chi connectivity index (χ4v) is 3.63. The van der Waals surface area contributed by atoms with E-state index in [1.54, 1.807) is 17.0 Å². The molecule has 1 saturated heterocycles. The molecule has 2 aromatic rings. The molecule has 2 atom stereocenters. The molecular weight excluding hydrogens is 374 g/mol. The molecular formula is C21H23N3O5. The Morgan fingerprint density at radius 1 is 1.10 bits per heavy atom. The highest BCUT2D eigenvalue weighted by atomic mass is 16.6. The number of amides is 1. The molecule has 0 aliphatic carbocycles. The number of carboxylic acid groups (broad SMARTS) is 1. The number of carbonyl (C=O) groups excluding carboxylic acids is 1. The van der Waals surface area contributed by atoms with Crippen molar-refractivity contribution in [2.75, 3.05) is 25.0 Å². The van der Waals surface area contributed by atoms with Gasteiger partial charge < -0.3 is 15.3 Å². The monoisotopic (exact) mass is 397 g/mol. The summed E-state index contributed by atoms with van der Waals surface area (Å²) in [6.45, 7) is 1.18. The zero-order valence-electron chi connectivity index (χ0n) is 15.9. The maximum atomic E-state index is 12.6. The van der Waals surface area contributed by atoms with Crippen molar-refractivity contribution in [3.8, 4) is 0 Å². The van der Waals surface area contributed by atoms with E-state index in [1.807, 2.05) is 30.3 Å². The smallest absolute Gasteiger partial charge is 0.308 e. The summed E-state index contributed by atoms with van der Waals surface area (Å²) in [5, 5.41) is 23.3. The lowest BCUT2D eigenvalue weighted by Gasteiger charge is -2.16. The number of aliphatic carboxylic acids is 1. The van der Waals surface area contributed by atoms with Gasteiger partial charge in [-0.1, -0.05) is 30.3 Å². The number of carbonyl (C=O) groups is 2. The standard InChI is InChI=1S/C21H23N3O5/c25-20(7-4-12-22-16-8-10-17(11-9-16)24(28)29)23-13-18(19(14-23)21(26)27)15-5-2-1-3-6-15/h1-3,5-6,8-11,18-19,22H,4,7,12-14H2,(H,26,27). The van der Waals surface area contributed by atoms with Crippen LogP contribution in [0.1, 0.15) is 24.3 Å². The van der Waals surface area contributed by atoms with Crippen LogP contribution in [0.3, 0.4) is 0 Å². The molecule has 0 spiro atoms. The van der Waals surface area contributed by atoms with Crippen LogP contribution < -0.4 is 5.32 Å². The Morgan fingerprint density at radius 2 is 1.79 bits per heavy atom. The number of hydrogen-bond acceptors (Lipinski definition) is 5. The second-order valence-electron chi connectivity index (χ2n) is 7.09. The van der Waals surface area contributed by atoms with Crippen molar-refractivity contribution in [3.05, 3.63) is 70.3 Å². The van der Waals surface area contributed by atoms with Gasteiger partial charge in [0.25, 0.3) is 5.69 Å². The van der Waals surface area contributed by atoms with Crippen molar-refractivity contribution in [1.82, 2.24) is 4.90 Å². The van der Waals surface area contributed by atoms with Crippen LogP contribution in [0.25, 0.3) is 0 Å². The Bertz CT molecular complexity index is 870. The molecule has 0 radical (unpaired) electrons. The summed E-state index contributed by atoms with van der Waals surface area (Å²) in [5.41, 5.74) is 1.72. The van der Waals surface area contributed by atoms with Crippen LogP contribution in [0.15, 0.2) is 54.6 Å². The first-order chi connectivity index (χ1) is 14.0. The first-order valence-corrected chi connectivity index (χ1v) is 9.49. The molecule has 0 aromatic heterocycles. The summed E-state index contributed by atoms with van der Waals surface area (Å²) in [6, 6.07) is 15.6. The van der Waals surface area contributed by atoms with Gasteiger partial charge in [0, 0.05) is 49.8 Å².